The number of carbonyl (C=O) groups is 1. The Hall–Kier alpha value is -1.46. The van der Waals surface area contributed by atoms with Gasteiger partial charge in [0.2, 0.25) is 0 Å². The average molecular weight is 286 g/mol. The molecule has 7 heteroatoms. The fourth-order valence-corrected chi connectivity index (χ4v) is 1.47. The minimum absolute atomic E-state index is 0.0783. The second kappa shape index (κ2) is 7.21. The SMILES string of the molecule is C=C(COCCP(=O)(O)O)C(=O)Oc1ccccc1. The van der Waals surface area contributed by atoms with Crippen molar-refractivity contribution in [3.05, 3.63) is 42.5 Å². The van der Waals surface area contributed by atoms with Gasteiger partial charge < -0.3 is 19.3 Å². The molecule has 0 spiro atoms. The maximum Gasteiger partial charge on any atom is 0.341 e. The summed E-state index contributed by atoms with van der Waals surface area (Å²) in [6, 6.07) is 8.49. The first-order valence-corrected chi connectivity index (χ1v) is 7.25. The lowest BCUT2D eigenvalue weighted by molar-refractivity contribution is -0.130. The van der Waals surface area contributed by atoms with Crippen molar-refractivity contribution in [2.45, 2.75) is 0 Å². The summed E-state index contributed by atoms with van der Waals surface area (Å²) in [7, 11) is -4.07. The van der Waals surface area contributed by atoms with Crippen LogP contribution >= 0.6 is 7.60 Å². The van der Waals surface area contributed by atoms with Crippen LogP contribution in [0.15, 0.2) is 42.5 Å². The molecule has 0 amide bonds. The van der Waals surface area contributed by atoms with Gasteiger partial charge in [-0.25, -0.2) is 4.79 Å². The van der Waals surface area contributed by atoms with E-state index in [9.17, 15) is 9.36 Å². The molecule has 1 aromatic carbocycles. The van der Waals surface area contributed by atoms with Crippen molar-refractivity contribution in [2.75, 3.05) is 19.4 Å². The summed E-state index contributed by atoms with van der Waals surface area (Å²) in [6.45, 7) is 3.21. The molecule has 2 N–H and O–H groups in total. The molecule has 0 atom stereocenters. The second-order valence-corrected chi connectivity index (χ2v) is 5.52. The Balaban J connectivity index is 2.30. The van der Waals surface area contributed by atoms with Crippen molar-refractivity contribution in [3.8, 4) is 5.75 Å². The number of rotatable bonds is 7. The number of benzene rings is 1. The first-order valence-electron chi connectivity index (χ1n) is 5.46. The predicted molar refractivity (Wildman–Crippen MR) is 68.9 cm³/mol. The van der Waals surface area contributed by atoms with E-state index in [-0.39, 0.29) is 18.8 Å². The highest BCUT2D eigenvalue weighted by Gasteiger charge is 2.14. The normalized spacial score (nSPS) is 11.1. The highest BCUT2D eigenvalue weighted by Crippen LogP contribution is 2.33. The van der Waals surface area contributed by atoms with Crippen LogP contribution < -0.4 is 4.74 Å². The Morgan fingerprint density at radius 3 is 2.47 bits per heavy atom. The molecule has 0 fully saturated rings. The van der Waals surface area contributed by atoms with Crippen LogP contribution in [0, 0.1) is 0 Å². The Kier molecular flexibility index (Phi) is 5.92. The molecular weight excluding hydrogens is 271 g/mol. The first kappa shape index (κ1) is 15.6. The summed E-state index contributed by atoms with van der Waals surface area (Å²) < 4.78 is 20.5. The molecule has 104 valence electrons. The van der Waals surface area contributed by atoms with E-state index >= 15 is 0 Å². The quantitative estimate of drug-likeness (QED) is 0.258. The predicted octanol–water partition coefficient (Wildman–Crippen LogP) is 1.34. The molecule has 6 nitrogen and oxygen atoms in total. The Morgan fingerprint density at radius 1 is 1.26 bits per heavy atom. The summed E-state index contributed by atoms with van der Waals surface area (Å²) >= 11 is 0. The van der Waals surface area contributed by atoms with Crippen LogP contribution in [0.5, 0.6) is 5.75 Å². The smallest absolute Gasteiger partial charge is 0.341 e. The summed E-state index contributed by atoms with van der Waals surface area (Å²) in [4.78, 5) is 28.8. The van der Waals surface area contributed by atoms with E-state index < -0.39 is 19.7 Å². The monoisotopic (exact) mass is 286 g/mol. The van der Waals surface area contributed by atoms with Crippen LogP contribution in [0.25, 0.3) is 0 Å². The third-order valence-corrected chi connectivity index (χ3v) is 2.81. The molecule has 0 aliphatic carbocycles. The van der Waals surface area contributed by atoms with E-state index in [4.69, 9.17) is 19.3 Å². The largest absolute Gasteiger partial charge is 0.423 e. The van der Waals surface area contributed by atoms with Crippen LogP contribution in [0.2, 0.25) is 0 Å². The van der Waals surface area contributed by atoms with Gasteiger partial charge in [-0.05, 0) is 12.1 Å². The van der Waals surface area contributed by atoms with Gasteiger partial charge in [-0.1, -0.05) is 24.8 Å². The molecular formula is C12H15O6P. The Bertz CT molecular complexity index is 478. The summed E-state index contributed by atoms with van der Waals surface area (Å²) in [5.74, 6) is -0.244. The Labute approximate surface area is 110 Å². The van der Waals surface area contributed by atoms with E-state index in [1.807, 2.05) is 0 Å². The van der Waals surface area contributed by atoms with Crippen LogP contribution in [0.1, 0.15) is 0 Å². The van der Waals surface area contributed by atoms with Gasteiger partial charge in [0.25, 0.3) is 0 Å². The zero-order valence-electron chi connectivity index (χ0n) is 10.2. The van der Waals surface area contributed by atoms with Gasteiger partial charge in [0.1, 0.15) is 5.75 Å². The lowest BCUT2D eigenvalue weighted by Crippen LogP contribution is -2.15. The van der Waals surface area contributed by atoms with E-state index in [0.29, 0.717) is 5.75 Å². The minimum Gasteiger partial charge on any atom is -0.423 e. The topological polar surface area (TPSA) is 93.1 Å². The minimum atomic E-state index is -4.07. The lowest BCUT2D eigenvalue weighted by atomic mass is 10.3. The van der Waals surface area contributed by atoms with Gasteiger partial charge >= 0.3 is 13.6 Å². The number of carbonyl (C=O) groups excluding carboxylic acids is 1. The second-order valence-electron chi connectivity index (χ2n) is 3.75. The molecule has 1 rings (SSSR count). The molecule has 0 aliphatic rings. The number of hydrogen-bond acceptors (Lipinski definition) is 4. The van der Waals surface area contributed by atoms with Crippen LogP contribution in [0.3, 0.4) is 0 Å². The first-order chi connectivity index (χ1) is 8.88. The molecule has 19 heavy (non-hydrogen) atoms. The zero-order chi connectivity index (χ0) is 14.3. The van der Waals surface area contributed by atoms with Crippen molar-refractivity contribution < 1.29 is 28.6 Å². The number of para-hydroxylation sites is 1. The molecule has 0 aromatic heterocycles. The average Bonchev–Trinajstić information content (AvgIpc) is 2.34. The highest BCUT2D eigenvalue weighted by molar-refractivity contribution is 7.51. The molecule has 0 saturated heterocycles. The highest BCUT2D eigenvalue weighted by atomic mass is 31.2. The van der Waals surface area contributed by atoms with Crippen molar-refractivity contribution in [1.29, 1.82) is 0 Å². The van der Waals surface area contributed by atoms with E-state index in [0.717, 1.165) is 0 Å². The van der Waals surface area contributed by atoms with Crippen LogP contribution in [-0.4, -0.2) is 35.1 Å². The summed E-state index contributed by atoms with van der Waals surface area (Å²) in [5.41, 5.74) is 0.0783. The molecule has 0 unspecified atom stereocenters. The van der Waals surface area contributed by atoms with E-state index in [1.54, 1.807) is 30.3 Å². The van der Waals surface area contributed by atoms with Gasteiger partial charge in [-0.15, -0.1) is 0 Å². The van der Waals surface area contributed by atoms with E-state index in [1.165, 1.54) is 0 Å². The maximum absolute atomic E-state index is 11.5. The van der Waals surface area contributed by atoms with Gasteiger partial charge in [-0.2, -0.15) is 0 Å². The van der Waals surface area contributed by atoms with Gasteiger partial charge in [-0.3, -0.25) is 4.57 Å². The number of esters is 1. The third-order valence-electron chi connectivity index (χ3n) is 2.05. The van der Waals surface area contributed by atoms with Crippen LogP contribution in [0.4, 0.5) is 0 Å². The molecule has 0 heterocycles. The van der Waals surface area contributed by atoms with Gasteiger partial charge in [0, 0.05) is 0 Å². The van der Waals surface area contributed by atoms with Crippen molar-refractivity contribution in [3.63, 3.8) is 0 Å². The molecule has 1 aromatic rings. The van der Waals surface area contributed by atoms with Crippen molar-refractivity contribution in [1.82, 2.24) is 0 Å². The number of hydrogen-bond donors (Lipinski definition) is 2. The summed E-state index contributed by atoms with van der Waals surface area (Å²) in [5, 5.41) is 0. The molecule has 0 aliphatic heterocycles. The standard InChI is InChI=1S/C12H15O6P/c1-10(9-17-7-8-19(14,15)16)12(13)18-11-5-3-2-4-6-11/h2-6H,1,7-9H2,(H2,14,15,16). The van der Waals surface area contributed by atoms with Crippen LogP contribution in [-0.2, 0) is 14.1 Å². The fourth-order valence-electron chi connectivity index (χ4n) is 1.11. The van der Waals surface area contributed by atoms with Gasteiger partial charge in [0.15, 0.2) is 0 Å². The fraction of sp³-hybridized carbons (Fsp3) is 0.250. The zero-order valence-corrected chi connectivity index (χ0v) is 11.1. The van der Waals surface area contributed by atoms with Crippen molar-refractivity contribution >= 4 is 13.6 Å². The lowest BCUT2D eigenvalue weighted by Gasteiger charge is -2.08. The number of ether oxygens (including phenoxy) is 2. The molecule has 0 radical (unpaired) electrons. The maximum atomic E-state index is 11.5. The third kappa shape index (κ3) is 6.88. The Morgan fingerprint density at radius 2 is 1.89 bits per heavy atom. The van der Waals surface area contributed by atoms with Gasteiger partial charge in [0.05, 0.1) is 24.9 Å². The summed E-state index contributed by atoms with van der Waals surface area (Å²) in [6.07, 6.45) is -0.395. The molecule has 0 bridgehead atoms. The van der Waals surface area contributed by atoms with E-state index in [2.05, 4.69) is 6.58 Å². The van der Waals surface area contributed by atoms with Crippen molar-refractivity contribution in [2.24, 2.45) is 0 Å². The molecule has 0 saturated carbocycles.